The first-order chi connectivity index (χ1) is 7.59. The van der Waals surface area contributed by atoms with Gasteiger partial charge in [-0.2, -0.15) is 0 Å². The largest absolute Gasteiger partial charge is 0.327 e. The van der Waals surface area contributed by atoms with Gasteiger partial charge in [0.25, 0.3) is 5.69 Å². The van der Waals surface area contributed by atoms with Gasteiger partial charge in [-0.3, -0.25) is 10.1 Å². The van der Waals surface area contributed by atoms with E-state index in [9.17, 15) is 10.1 Å². The lowest BCUT2D eigenvalue weighted by Gasteiger charge is -2.10. The van der Waals surface area contributed by atoms with Gasteiger partial charge < -0.3 is 5.73 Å². The van der Waals surface area contributed by atoms with Gasteiger partial charge in [-0.05, 0) is 24.7 Å². The molecule has 1 aliphatic rings. The zero-order valence-corrected chi connectivity index (χ0v) is 9.30. The Labute approximate surface area is 94.6 Å². The topological polar surface area (TPSA) is 69.2 Å². The molecular weight excluding hydrogens is 204 g/mol. The number of nitrogens with two attached hydrogens (primary N) is 1. The minimum absolute atomic E-state index is 0.0519. The number of rotatable bonds is 4. The molecule has 1 aromatic rings. The lowest BCUT2D eigenvalue weighted by Crippen LogP contribution is -2.26. The smallest absolute Gasteiger partial charge is 0.272 e. The third-order valence-electron chi connectivity index (χ3n) is 3.37. The number of nitro groups is 1. The Morgan fingerprint density at radius 1 is 1.56 bits per heavy atom. The van der Waals surface area contributed by atoms with E-state index in [1.54, 1.807) is 18.2 Å². The Morgan fingerprint density at radius 3 is 2.75 bits per heavy atom. The number of para-hydroxylation sites is 1. The van der Waals surface area contributed by atoms with Crippen molar-refractivity contribution < 1.29 is 4.92 Å². The quantitative estimate of drug-likeness (QED) is 0.624. The fourth-order valence-corrected chi connectivity index (χ4v) is 2.21. The zero-order chi connectivity index (χ0) is 11.7. The Bertz CT molecular complexity index is 406. The zero-order valence-electron chi connectivity index (χ0n) is 9.30. The van der Waals surface area contributed by atoms with E-state index >= 15 is 0 Å². The van der Waals surface area contributed by atoms with Crippen LogP contribution in [-0.2, 0) is 6.42 Å². The van der Waals surface area contributed by atoms with Crippen LogP contribution in [0.4, 0.5) is 5.69 Å². The lowest BCUT2D eigenvalue weighted by atomic mass is 10.0. The number of nitrogens with zero attached hydrogens (tertiary/aromatic N) is 1. The van der Waals surface area contributed by atoms with Crippen LogP contribution in [0.3, 0.4) is 0 Å². The van der Waals surface area contributed by atoms with Gasteiger partial charge in [0.05, 0.1) is 4.92 Å². The summed E-state index contributed by atoms with van der Waals surface area (Å²) in [7, 11) is 0. The van der Waals surface area contributed by atoms with Crippen LogP contribution >= 0.6 is 0 Å². The highest BCUT2D eigenvalue weighted by molar-refractivity contribution is 5.40. The SMILES string of the molecule is CC1CC1C(N)Cc1ccccc1[N+](=O)[O-]. The van der Waals surface area contributed by atoms with Crippen molar-refractivity contribution in [3.63, 3.8) is 0 Å². The molecule has 3 unspecified atom stereocenters. The average Bonchev–Trinajstić information content (AvgIpc) is 2.96. The van der Waals surface area contributed by atoms with Gasteiger partial charge in [-0.1, -0.05) is 25.1 Å². The molecule has 1 saturated carbocycles. The summed E-state index contributed by atoms with van der Waals surface area (Å²) in [5, 5.41) is 10.8. The molecule has 0 saturated heterocycles. The molecule has 0 aliphatic heterocycles. The highest BCUT2D eigenvalue weighted by Gasteiger charge is 2.38. The van der Waals surface area contributed by atoms with E-state index < -0.39 is 0 Å². The van der Waals surface area contributed by atoms with Gasteiger partial charge in [-0.15, -0.1) is 0 Å². The summed E-state index contributed by atoms with van der Waals surface area (Å²) in [6, 6.07) is 6.90. The van der Waals surface area contributed by atoms with Gasteiger partial charge in [0, 0.05) is 17.7 Å². The lowest BCUT2D eigenvalue weighted by molar-refractivity contribution is -0.385. The van der Waals surface area contributed by atoms with Crippen molar-refractivity contribution in [2.24, 2.45) is 17.6 Å². The molecule has 0 aromatic heterocycles. The van der Waals surface area contributed by atoms with Crippen molar-refractivity contribution in [3.05, 3.63) is 39.9 Å². The van der Waals surface area contributed by atoms with Crippen LogP contribution in [0, 0.1) is 22.0 Å². The fraction of sp³-hybridized carbons (Fsp3) is 0.500. The van der Waals surface area contributed by atoms with Crippen LogP contribution < -0.4 is 5.73 Å². The van der Waals surface area contributed by atoms with Crippen LogP contribution in [-0.4, -0.2) is 11.0 Å². The van der Waals surface area contributed by atoms with Crippen molar-refractivity contribution in [3.8, 4) is 0 Å². The summed E-state index contributed by atoms with van der Waals surface area (Å²) in [5.74, 6) is 1.22. The second-order valence-corrected chi connectivity index (χ2v) is 4.63. The van der Waals surface area contributed by atoms with Crippen LogP contribution in [0.1, 0.15) is 18.9 Å². The second-order valence-electron chi connectivity index (χ2n) is 4.63. The molecule has 1 aliphatic carbocycles. The minimum Gasteiger partial charge on any atom is -0.327 e. The first kappa shape index (κ1) is 11.1. The summed E-state index contributed by atoms with van der Waals surface area (Å²) in [5.41, 5.74) is 6.98. The monoisotopic (exact) mass is 220 g/mol. The molecule has 2 rings (SSSR count). The molecule has 16 heavy (non-hydrogen) atoms. The summed E-state index contributed by atoms with van der Waals surface area (Å²) < 4.78 is 0. The van der Waals surface area contributed by atoms with Crippen molar-refractivity contribution in [2.45, 2.75) is 25.8 Å². The first-order valence-electron chi connectivity index (χ1n) is 5.57. The Kier molecular flexibility index (Phi) is 2.92. The highest BCUT2D eigenvalue weighted by atomic mass is 16.6. The molecule has 0 radical (unpaired) electrons. The number of nitro benzene ring substituents is 1. The predicted molar refractivity (Wildman–Crippen MR) is 62.0 cm³/mol. The van der Waals surface area contributed by atoms with Gasteiger partial charge >= 0.3 is 0 Å². The molecule has 0 amide bonds. The number of benzene rings is 1. The van der Waals surface area contributed by atoms with Gasteiger partial charge in [0.15, 0.2) is 0 Å². The first-order valence-corrected chi connectivity index (χ1v) is 5.57. The summed E-state index contributed by atoms with van der Waals surface area (Å²) in [6.45, 7) is 2.17. The van der Waals surface area contributed by atoms with E-state index in [0.29, 0.717) is 18.3 Å². The normalized spacial score (nSPS) is 25.1. The Morgan fingerprint density at radius 2 is 2.19 bits per heavy atom. The molecule has 4 heteroatoms. The standard InChI is InChI=1S/C12H16N2O2/c1-8-6-10(8)11(13)7-9-4-2-3-5-12(9)14(15)16/h2-5,8,10-11H,6-7,13H2,1H3. The van der Waals surface area contributed by atoms with E-state index in [1.165, 1.54) is 0 Å². The maximum Gasteiger partial charge on any atom is 0.272 e. The van der Waals surface area contributed by atoms with Crippen LogP contribution in [0.15, 0.2) is 24.3 Å². The van der Waals surface area contributed by atoms with Crippen LogP contribution in [0.25, 0.3) is 0 Å². The number of hydrogen-bond donors (Lipinski definition) is 1. The molecule has 3 atom stereocenters. The highest BCUT2D eigenvalue weighted by Crippen LogP contribution is 2.41. The molecule has 1 fully saturated rings. The maximum atomic E-state index is 10.8. The molecular formula is C12H16N2O2. The second kappa shape index (κ2) is 4.22. The van der Waals surface area contributed by atoms with Gasteiger partial charge in [0.1, 0.15) is 0 Å². The van der Waals surface area contributed by atoms with Crippen molar-refractivity contribution >= 4 is 5.69 Å². The molecule has 0 spiro atoms. The molecule has 0 heterocycles. The fourth-order valence-electron chi connectivity index (χ4n) is 2.21. The van der Waals surface area contributed by atoms with Crippen molar-refractivity contribution in [1.82, 2.24) is 0 Å². The van der Waals surface area contributed by atoms with Crippen molar-refractivity contribution in [1.29, 1.82) is 0 Å². The van der Waals surface area contributed by atoms with E-state index in [4.69, 9.17) is 5.73 Å². The third-order valence-corrected chi connectivity index (χ3v) is 3.37. The van der Waals surface area contributed by atoms with Gasteiger partial charge in [-0.25, -0.2) is 0 Å². The molecule has 2 N–H and O–H groups in total. The van der Waals surface area contributed by atoms with E-state index in [-0.39, 0.29) is 16.7 Å². The van der Waals surface area contributed by atoms with Crippen LogP contribution in [0.2, 0.25) is 0 Å². The molecule has 0 bridgehead atoms. The minimum atomic E-state index is -0.335. The summed E-state index contributed by atoms with van der Waals surface area (Å²) >= 11 is 0. The van der Waals surface area contributed by atoms with E-state index in [2.05, 4.69) is 6.92 Å². The van der Waals surface area contributed by atoms with E-state index in [1.807, 2.05) is 6.07 Å². The predicted octanol–water partition coefficient (Wildman–Crippen LogP) is 2.12. The third kappa shape index (κ3) is 2.22. The Balaban J connectivity index is 2.11. The molecule has 4 nitrogen and oxygen atoms in total. The molecule has 1 aromatic carbocycles. The number of hydrogen-bond acceptors (Lipinski definition) is 3. The summed E-state index contributed by atoms with van der Waals surface area (Å²) in [6.07, 6.45) is 1.76. The van der Waals surface area contributed by atoms with Gasteiger partial charge in [0.2, 0.25) is 0 Å². The average molecular weight is 220 g/mol. The summed E-state index contributed by atoms with van der Waals surface area (Å²) in [4.78, 5) is 10.5. The molecule has 86 valence electrons. The Hall–Kier alpha value is -1.42. The maximum absolute atomic E-state index is 10.8. The van der Waals surface area contributed by atoms with Crippen LogP contribution in [0.5, 0.6) is 0 Å². The van der Waals surface area contributed by atoms with Crippen molar-refractivity contribution in [2.75, 3.05) is 0 Å². The van der Waals surface area contributed by atoms with E-state index in [0.717, 1.165) is 12.0 Å².